The topological polar surface area (TPSA) is 118 Å². The normalized spacial score (nSPS) is 21.8. The molecule has 0 radical (unpaired) electrons. The molecule has 0 unspecified atom stereocenters. The van der Waals surface area contributed by atoms with Crippen LogP contribution in [0.2, 0.25) is 0 Å². The molecule has 3 atom stereocenters. The molecule has 2 aliphatic rings. The molecule has 38 heavy (non-hydrogen) atoms. The van der Waals surface area contributed by atoms with Gasteiger partial charge in [0.15, 0.2) is 0 Å². The number of likely N-dealkylation sites (tertiary alicyclic amines) is 1. The molecule has 0 bridgehead atoms. The van der Waals surface area contributed by atoms with E-state index in [1.54, 1.807) is 45.0 Å². The summed E-state index contributed by atoms with van der Waals surface area (Å²) in [5, 5.41) is 11.1. The average molecular weight is 534 g/mol. The van der Waals surface area contributed by atoms with Crippen LogP contribution in [0, 0.1) is 11.8 Å². The monoisotopic (exact) mass is 533 g/mol. The lowest BCUT2D eigenvalue weighted by Crippen LogP contribution is -2.58. The quantitative estimate of drug-likeness (QED) is 0.454. The fraction of sp³-hybridized carbons (Fsp3) is 0.714. The summed E-state index contributed by atoms with van der Waals surface area (Å²) in [5.41, 5.74) is 0.194. The molecular weight excluding hydrogens is 490 g/mol. The highest BCUT2D eigenvalue weighted by molar-refractivity contribution is 5.97. The Morgan fingerprint density at radius 2 is 1.82 bits per heavy atom. The van der Waals surface area contributed by atoms with Gasteiger partial charge in [0.25, 0.3) is 0 Å². The number of hydrogen-bond donors (Lipinski definition) is 1. The van der Waals surface area contributed by atoms with Crippen molar-refractivity contribution in [2.24, 2.45) is 11.8 Å². The van der Waals surface area contributed by atoms with Gasteiger partial charge >= 0.3 is 6.09 Å². The van der Waals surface area contributed by atoms with Gasteiger partial charge in [-0.3, -0.25) is 14.5 Å². The molecule has 0 aromatic carbocycles. The van der Waals surface area contributed by atoms with Crippen LogP contribution in [0.15, 0.2) is 12.3 Å². The van der Waals surface area contributed by atoms with Crippen LogP contribution in [0.5, 0.6) is 5.75 Å². The third-order valence-electron chi connectivity index (χ3n) is 6.80. The molecule has 1 aromatic rings. The molecule has 3 rings (SSSR count). The third-order valence-corrected chi connectivity index (χ3v) is 6.80. The number of rotatable bonds is 10. The summed E-state index contributed by atoms with van der Waals surface area (Å²) < 4.78 is 16.7. The van der Waals surface area contributed by atoms with Crippen molar-refractivity contribution in [2.45, 2.75) is 84.5 Å². The van der Waals surface area contributed by atoms with Crippen molar-refractivity contribution in [1.82, 2.24) is 9.88 Å². The largest absolute Gasteiger partial charge is 0.493 e. The predicted octanol–water partition coefficient (Wildman–Crippen LogP) is 3.55. The van der Waals surface area contributed by atoms with Crippen LogP contribution >= 0.6 is 0 Å². The number of ether oxygens (including phenoxy) is 3. The standard InChI is InChI=1S/C28H43N3O7/c1-17(2)20-14-29-24(13-23(20)37-12-8-11-36-7)31(19-9-10-19)26(34)22-16-30(27(35)38-28(4,5)6)15-21(18(3)32)25(22)33/h13-14,17,19,21-22,25,33H,8-12,15-16H2,1-7H3/t21-,22-,25+/m0/s1. The SMILES string of the molecule is COCCCOc1cc(N(C(=O)[C@H]2CN(C(=O)OC(C)(C)C)C[C@@H](C(C)=O)[C@H]2O)C2CC2)ncc1C(C)C. The van der Waals surface area contributed by atoms with Gasteiger partial charge in [0, 0.05) is 57.1 Å². The van der Waals surface area contributed by atoms with Gasteiger partial charge in [-0.1, -0.05) is 13.8 Å². The lowest BCUT2D eigenvalue weighted by Gasteiger charge is -2.41. The lowest BCUT2D eigenvalue weighted by molar-refractivity contribution is -0.138. The third kappa shape index (κ3) is 7.44. The summed E-state index contributed by atoms with van der Waals surface area (Å²) in [5.74, 6) is -1.28. The Morgan fingerprint density at radius 3 is 2.37 bits per heavy atom. The van der Waals surface area contributed by atoms with Crippen LogP contribution in [0.4, 0.5) is 10.6 Å². The molecule has 10 heteroatoms. The van der Waals surface area contributed by atoms with E-state index < -0.39 is 29.6 Å². The number of piperidine rings is 1. The number of aromatic nitrogens is 1. The second kappa shape index (κ2) is 12.4. The molecule has 1 saturated heterocycles. The molecule has 1 saturated carbocycles. The number of nitrogens with zero attached hydrogens (tertiary/aromatic N) is 3. The zero-order valence-corrected chi connectivity index (χ0v) is 23.7. The highest BCUT2D eigenvalue weighted by atomic mass is 16.6. The molecule has 1 N–H and O–H groups in total. The number of ketones is 1. The summed E-state index contributed by atoms with van der Waals surface area (Å²) in [6.45, 7) is 11.7. The van der Waals surface area contributed by atoms with E-state index in [0.717, 1.165) is 24.8 Å². The lowest BCUT2D eigenvalue weighted by atomic mass is 9.83. The van der Waals surface area contributed by atoms with E-state index in [1.165, 1.54) is 11.8 Å². The minimum absolute atomic E-state index is 0.000576. The van der Waals surface area contributed by atoms with E-state index >= 15 is 0 Å². The first kappa shape index (κ1) is 29.8. The van der Waals surface area contributed by atoms with Crippen molar-refractivity contribution in [2.75, 3.05) is 38.3 Å². The van der Waals surface area contributed by atoms with E-state index in [0.29, 0.717) is 24.8 Å². The molecule has 2 heterocycles. The van der Waals surface area contributed by atoms with E-state index in [9.17, 15) is 19.5 Å². The number of hydrogen-bond acceptors (Lipinski definition) is 8. The first-order valence-electron chi connectivity index (χ1n) is 13.4. The highest BCUT2D eigenvalue weighted by Gasteiger charge is 2.48. The van der Waals surface area contributed by atoms with E-state index in [1.807, 2.05) is 13.8 Å². The van der Waals surface area contributed by atoms with Gasteiger partial charge in [-0.25, -0.2) is 9.78 Å². The zero-order valence-electron chi connectivity index (χ0n) is 23.7. The molecule has 212 valence electrons. The predicted molar refractivity (Wildman–Crippen MR) is 142 cm³/mol. The Kier molecular flexibility index (Phi) is 9.75. The zero-order chi connectivity index (χ0) is 28.2. The maximum atomic E-state index is 14.0. The van der Waals surface area contributed by atoms with Crippen LogP contribution in [-0.2, 0) is 19.1 Å². The van der Waals surface area contributed by atoms with Crippen LogP contribution in [0.3, 0.4) is 0 Å². The Morgan fingerprint density at radius 1 is 1.16 bits per heavy atom. The molecule has 0 spiro atoms. The number of aliphatic hydroxyl groups excluding tert-OH is 1. The van der Waals surface area contributed by atoms with Gasteiger partial charge in [-0.2, -0.15) is 0 Å². The number of pyridine rings is 1. The number of methoxy groups -OCH3 is 1. The van der Waals surface area contributed by atoms with Gasteiger partial charge in [-0.15, -0.1) is 0 Å². The van der Waals surface area contributed by atoms with Crippen LogP contribution < -0.4 is 9.64 Å². The van der Waals surface area contributed by atoms with E-state index in [4.69, 9.17) is 14.2 Å². The molecule has 10 nitrogen and oxygen atoms in total. The minimum Gasteiger partial charge on any atom is -0.493 e. The summed E-state index contributed by atoms with van der Waals surface area (Å²) in [7, 11) is 1.64. The molecule has 2 amide bonds. The summed E-state index contributed by atoms with van der Waals surface area (Å²) >= 11 is 0. The van der Waals surface area contributed by atoms with Gasteiger partial charge in [0.05, 0.1) is 24.5 Å². The maximum Gasteiger partial charge on any atom is 0.410 e. The number of carbonyl (C=O) groups excluding carboxylic acids is 3. The van der Waals surface area contributed by atoms with Crippen molar-refractivity contribution in [3.8, 4) is 5.75 Å². The number of amides is 2. The average Bonchev–Trinajstić information content (AvgIpc) is 3.65. The van der Waals surface area contributed by atoms with Gasteiger partial charge in [0.1, 0.15) is 23.0 Å². The first-order chi connectivity index (χ1) is 17.8. The second-order valence-corrected chi connectivity index (χ2v) is 11.6. The molecule has 1 aliphatic heterocycles. The van der Waals surface area contributed by atoms with Crippen molar-refractivity contribution in [3.63, 3.8) is 0 Å². The van der Waals surface area contributed by atoms with Crippen molar-refractivity contribution >= 4 is 23.6 Å². The van der Waals surface area contributed by atoms with Gasteiger partial charge < -0.3 is 24.2 Å². The fourth-order valence-electron chi connectivity index (χ4n) is 4.62. The first-order valence-corrected chi connectivity index (χ1v) is 13.4. The van der Waals surface area contributed by atoms with Crippen LogP contribution in [0.25, 0.3) is 0 Å². The van der Waals surface area contributed by atoms with Gasteiger partial charge in [-0.05, 0) is 46.5 Å². The number of Topliss-reactive ketones (excluding diaryl/α,β-unsaturated/α-hetero) is 1. The molecule has 1 aromatic heterocycles. The smallest absolute Gasteiger partial charge is 0.410 e. The summed E-state index contributed by atoms with van der Waals surface area (Å²) in [6, 6.07) is 1.71. The highest BCUT2D eigenvalue weighted by Crippen LogP contribution is 2.37. The minimum atomic E-state index is -1.22. The Hall–Kier alpha value is -2.72. The molecular formula is C28H43N3O7. The van der Waals surface area contributed by atoms with Crippen LogP contribution in [0.1, 0.15) is 72.3 Å². The fourth-order valence-corrected chi connectivity index (χ4v) is 4.62. The number of anilines is 1. The number of carbonyl (C=O) groups is 3. The summed E-state index contributed by atoms with van der Waals surface area (Å²) in [4.78, 5) is 46.9. The Bertz CT molecular complexity index is 1000. The van der Waals surface area contributed by atoms with Crippen molar-refractivity contribution < 1.29 is 33.7 Å². The second-order valence-electron chi connectivity index (χ2n) is 11.6. The van der Waals surface area contributed by atoms with E-state index in [2.05, 4.69) is 4.98 Å². The van der Waals surface area contributed by atoms with Crippen molar-refractivity contribution in [1.29, 1.82) is 0 Å². The van der Waals surface area contributed by atoms with Crippen molar-refractivity contribution in [3.05, 3.63) is 17.8 Å². The van der Waals surface area contributed by atoms with Crippen LogP contribution in [-0.4, -0.2) is 83.9 Å². The Balaban J connectivity index is 1.91. The van der Waals surface area contributed by atoms with Gasteiger partial charge in [0.2, 0.25) is 5.91 Å². The maximum absolute atomic E-state index is 14.0. The molecule has 1 aliphatic carbocycles. The summed E-state index contributed by atoms with van der Waals surface area (Å²) in [6.07, 6.45) is 2.22. The number of aliphatic hydroxyl groups is 1. The Labute approximate surface area is 225 Å². The van der Waals surface area contributed by atoms with E-state index in [-0.39, 0.29) is 36.7 Å². The molecule has 2 fully saturated rings.